The van der Waals surface area contributed by atoms with Crippen molar-refractivity contribution < 1.29 is 13.9 Å². The summed E-state index contributed by atoms with van der Waals surface area (Å²) in [6.45, 7) is 5.51. The molecule has 1 aromatic carbocycles. The molecule has 0 spiro atoms. The third kappa shape index (κ3) is 4.45. The third-order valence-electron chi connectivity index (χ3n) is 3.73. The van der Waals surface area contributed by atoms with E-state index < -0.39 is 0 Å². The topological polar surface area (TPSA) is 54.9 Å². The lowest BCUT2D eigenvalue weighted by atomic mass is 10.1. The molecule has 0 aromatic heterocycles. The lowest BCUT2D eigenvalue weighted by Gasteiger charge is -2.20. The number of guanidine groups is 1. The second kappa shape index (κ2) is 7.46. The molecule has 1 aliphatic heterocycles. The summed E-state index contributed by atoms with van der Waals surface area (Å²) in [5, 5.41) is 6.55. The van der Waals surface area contributed by atoms with Crippen LogP contribution in [0, 0.1) is 5.82 Å². The number of hydrogen-bond acceptors (Lipinski definition) is 3. The predicted molar refractivity (Wildman–Crippen MR) is 87.0 cm³/mol. The van der Waals surface area contributed by atoms with Crippen LogP contribution in [0.5, 0.6) is 5.75 Å². The van der Waals surface area contributed by atoms with Gasteiger partial charge in [0.1, 0.15) is 11.6 Å². The summed E-state index contributed by atoms with van der Waals surface area (Å²) in [5.74, 6) is 1.25. The van der Waals surface area contributed by atoms with Crippen molar-refractivity contribution in [3.8, 4) is 5.75 Å². The van der Waals surface area contributed by atoms with Gasteiger partial charge in [0.05, 0.1) is 6.61 Å². The Morgan fingerprint density at radius 3 is 3.09 bits per heavy atom. The number of nitrogens with zero attached hydrogens (tertiary/aromatic N) is 1. The molecule has 2 N–H and O–H groups in total. The van der Waals surface area contributed by atoms with Crippen molar-refractivity contribution in [2.45, 2.75) is 31.9 Å². The molecule has 1 fully saturated rings. The summed E-state index contributed by atoms with van der Waals surface area (Å²) < 4.78 is 24.4. The molecule has 1 saturated carbocycles. The van der Waals surface area contributed by atoms with Gasteiger partial charge in [-0.15, -0.1) is 6.58 Å². The Kier molecular flexibility index (Phi) is 5.12. The van der Waals surface area contributed by atoms with Crippen molar-refractivity contribution in [1.29, 1.82) is 0 Å². The maximum Gasteiger partial charge on any atom is 0.191 e. The van der Waals surface area contributed by atoms with E-state index in [1.165, 1.54) is 25.0 Å². The minimum Gasteiger partial charge on any atom is -0.467 e. The number of rotatable bonds is 6. The van der Waals surface area contributed by atoms with E-state index in [9.17, 15) is 4.39 Å². The van der Waals surface area contributed by atoms with E-state index >= 15 is 0 Å². The molecular formula is C17H22FN3O2. The van der Waals surface area contributed by atoms with E-state index in [-0.39, 0.29) is 12.6 Å². The second-order valence-electron chi connectivity index (χ2n) is 5.73. The fraction of sp³-hybridized carbons (Fsp3) is 0.471. The summed E-state index contributed by atoms with van der Waals surface area (Å²) >= 11 is 0. The van der Waals surface area contributed by atoms with Gasteiger partial charge in [-0.3, -0.25) is 4.99 Å². The van der Waals surface area contributed by atoms with Gasteiger partial charge in [-0.2, -0.15) is 0 Å². The highest BCUT2D eigenvalue weighted by molar-refractivity contribution is 5.80. The maximum atomic E-state index is 13.7. The third-order valence-corrected chi connectivity index (χ3v) is 3.73. The number of nitrogens with one attached hydrogen (secondary N) is 2. The molecule has 6 heteroatoms. The van der Waals surface area contributed by atoms with E-state index in [0.717, 1.165) is 22.8 Å². The van der Waals surface area contributed by atoms with E-state index in [0.29, 0.717) is 32.2 Å². The van der Waals surface area contributed by atoms with Crippen molar-refractivity contribution in [1.82, 2.24) is 10.6 Å². The van der Waals surface area contributed by atoms with Crippen LogP contribution in [0.25, 0.3) is 0 Å². The Bertz CT molecular complexity index is 600. The molecule has 3 rings (SSSR count). The van der Waals surface area contributed by atoms with E-state index in [1.54, 1.807) is 6.08 Å². The van der Waals surface area contributed by atoms with Crippen LogP contribution in [0.2, 0.25) is 0 Å². The first-order valence-corrected chi connectivity index (χ1v) is 7.94. The summed E-state index contributed by atoms with van der Waals surface area (Å²) in [5.41, 5.74) is 1.60. The second-order valence-corrected chi connectivity index (χ2v) is 5.73. The summed E-state index contributed by atoms with van der Waals surface area (Å²) in [6, 6.07) is 3.51. The van der Waals surface area contributed by atoms with Gasteiger partial charge < -0.3 is 20.1 Å². The quantitative estimate of drug-likeness (QED) is 0.479. The van der Waals surface area contributed by atoms with Crippen molar-refractivity contribution in [3.63, 3.8) is 0 Å². The minimum absolute atomic E-state index is 0.213. The molecule has 5 nitrogen and oxygen atoms in total. The van der Waals surface area contributed by atoms with Gasteiger partial charge in [0, 0.05) is 24.7 Å². The number of hydrogen-bond donors (Lipinski definition) is 2. The van der Waals surface area contributed by atoms with Crippen LogP contribution < -0.4 is 15.4 Å². The first kappa shape index (κ1) is 15.8. The fourth-order valence-electron chi connectivity index (χ4n) is 2.47. The zero-order valence-corrected chi connectivity index (χ0v) is 13.1. The normalized spacial score (nSPS) is 17.2. The van der Waals surface area contributed by atoms with Crippen molar-refractivity contribution in [2.75, 3.05) is 19.9 Å². The van der Waals surface area contributed by atoms with Crippen molar-refractivity contribution in [2.24, 2.45) is 4.99 Å². The molecule has 0 amide bonds. The molecule has 1 aliphatic carbocycles. The predicted octanol–water partition coefficient (Wildman–Crippen LogP) is 2.12. The molecule has 0 bridgehead atoms. The maximum absolute atomic E-state index is 13.7. The number of benzene rings is 1. The summed E-state index contributed by atoms with van der Waals surface area (Å²) in [7, 11) is 0. The first-order chi connectivity index (χ1) is 11.3. The van der Waals surface area contributed by atoms with Gasteiger partial charge in [0.2, 0.25) is 0 Å². The molecule has 0 radical (unpaired) electrons. The Morgan fingerprint density at radius 2 is 2.30 bits per heavy atom. The number of ether oxygens (including phenoxy) is 2. The zero-order valence-electron chi connectivity index (χ0n) is 13.1. The van der Waals surface area contributed by atoms with Gasteiger partial charge in [-0.1, -0.05) is 6.08 Å². The van der Waals surface area contributed by atoms with Crippen molar-refractivity contribution in [3.05, 3.63) is 41.7 Å². The molecule has 0 saturated heterocycles. The Balaban J connectivity index is 1.65. The molecule has 0 unspecified atom stereocenters. The van der Waals surface area contributed by atoms with Gasteiger partial charge in [0.15, 0.2) is 12.8 Å². The van der Waals surface area contributed by atoms with Crippen LogP contribution in [-0.4, -0.2) is 31.9 Å². The summed E-state index contributed by atoms with van der Waals surface area (Å²) in [4.78, 5) is 4.55. The average molecular weight is 319 g/mol. The molecule has 1 aromatic rings. The van der Waals surface area contributed by atoms with Crippen LogP contribution in [0.15, 0.2) is 29.8 Å². The van der Waals surface area contributed by atoms with Crippen LogP contribution in [0.3, 0.4) is 0 Å². The number of fused-ring (bicyclic) bond motifs is 1. The van der Waals surface area contributed by atoms with Gasteiger partial charge in [-0.25, -0.2) is 4.39 Å². The van der Waals surface area contributed by atoms with E-state index in [4.69, 9.17) is 9.47 Å². The Labute approximate surface area is 135 Å². The first-order valence-electron chi connectivity index (χ1n) is 7.94. The highest BCUT2D eigenvalue weighted by Gasteiger charge is 2.22. The van der Waals surface area contributed by atoms with Crippen LogP contribution in [0.1, 0.15) is 24.0 Å². The lowest BCUT2D eigenvalue weighted by Crippen LogP contribution is -2.38. The smallest absolute Gasteiger partial charge is 0.191 e. The average Bonchev–Trinajstić information content (AvgIpc) is 3.36. The lowest BCUT2D eigenvalue weighted by molar-refractivity contribution is -0.0172. The SMILES string of the molecule is C=CCNC(=NCCc1cc(F)cc2c1OCOC2)NC1CC1. The standard InChI is InChI=1S/C17H22FN3O2/c1-2-6-19-17(21-15-3-4-15)20-7-5-12-8-14(18)9-13-10-22-11-23-16(12)13/h2,8-9,15H,1,3-7,10-11H2,(H2,19,20,21). The molecule has 23 heavy (non-hydrogen) atoms. The summed E-state index contributed by atoms with van der Waals surface area (Å²) in [6.07, 6.45) is 4.77. The van der Waals surface area contributed by atoms with Crippen LogP contribution in [-0.2, 0) is 17.8 Å². The Morgan fingerprint density at radius 1 is 1.43 bits per heavy atom. The minimum atomic E-state index is -0.266. The highest BCUT2D eigenvalue weighted by Crippen LogP contribution is 2.29. The number of aliphatic imine (C=N–C) groups is 1. The van der Waals surface area contributed by atoms with Gasteiger partial charge in [0.25, 0.3) is 0 Å². The molecule has 1 heterocycles. The van der Waals surface area contributed by atoms with E-state index in [1.807, 2.05) is 0 Å². The highest BCUT2D eigenvalue weighted by atomic mass is 19.1. The van der Waals surface area contributed by atoms with Gasteiger partial charge >= 0.3 is 0 Å². The largest absolute Gasteiger partial charge is 0.467 e. The monoisotopic (exact) mass is 319 g/mol. The fourth-order valence-corrected chi connectivity index (χ4v) is 2.47. The van der Waals surface area contributed by atoms with Crippen LogP contribution in [0.4, 0.5) is 4.39 Å². The zero-order chi connectivity index (χ0) is 16.1. The van der Waals surface area contributed by atoms with Gasteiger partial charge in [-0.05, 0) is 37.0 Å². The molecule has 124 valence electrons. The Hall–Kier alpha value is -2.08. The molecular weight excluding hydrogens is 297 g/mol. The molecule has 2 aliphatic rings. The molecule has 0 atom stereocenters. The van der Waals surface area contributed by atoms with E-state index in [2.05, 4.69) is 22.2 Å². The van der Waals surface area contributed by atoms with Crippen LogP contribution >= 0.6 is 0 Å². The number of halogens is 1. The van der Waals surface area contributed by atoms with Crippen molar-refractivity contribution >= 4 is 5.96 Å².